The Morgan fingerprint density at radius 2 is 1.86 bits per heavy atom. The third-order valence-corrected chi connectivity index (χ3v) is 7.53. The van der Waals surface area contributed by atoms with Gasteiger partial charge in [-0.15, -0.1) is 0 Å². The summed E-state index contributed by atoms with van der Waals surface area (Å²) in [5.41, 5.74) is 0.560. The van der Waals surface area contributed by atoms with Gasteiger partial charge < -0.3 is 29.7 Å². The lowest BCUT2D eigenvalue weighted by Crippen LogP contribution is -2.65. The molecule has 9 nitrogen and oxygen atoms in total. The predicted molar refractivity (Wildman–Crippen MR) is 140 cm³/mol. The molecular formula is C27H39N5O4. The maximum Gasteiger partial charge on any atom is 0.273 e. The Kier molecular flexibility index (Phi) is 7.59. The number of anilines is 1. The van der Waals surface area contributed by atoms with E-state index in [1.165, 1.54) is 19.8 Å². The van der Waals surface area contributed by atoms with Crippen molar-refractivity contribution in [2.45, 2.75) is 70.5 Å². The van der Waals surface area contributed by atoms with Gasteiger partial charge in [-0.05, 0) is 52.1 Å². The smallest absolute Gasteiger partial charge is 0.273 e. The normalized spacial score (nSPS) is 20.8. The monoisotopic (exact) mass is 497 g/mol. The zero-order valence-corrected chi connectivity index (χ0v) is 22.1. The van der Waals surface area contributed by atoms with Crippen LogP contribution in [0.3, 0.4) is 0 Å². The number of ether oxygens (including phenoxy) is 1. The summed E-state index contributed by atoms with van der Waals surface area (Å²) in [6.07, 6.45) is 6.56. The maximum absolute atomic E-state index is 14.1. The molecule has 2 aromatic rings. The first-order valence-corrected chi connectivity index (χ1v) is 12.9. The molecule has 9 heteroatoms. The molecule has 0 saturated heterocycles. The van der Waals surface area contributed by atoms with Crippen LogP contribution in [-0.2, 0) is 16.1 Å². The minimum Gasteiger partial charge on any atom is -0.497 e. The molecule has 3 amide bonds. The topological polar surface area (TPSA) is 95.9 Å². The fourth-order valence-electron chi connectivity index (χ4n) is 5.50. The van der Waals surface area contributed by atoms with Crippen LogP contribution in [0, 0.1) is 0 Å². The second-order valence-corrected chi connectivity index (χ2v) is 10.6. The third kappa shape index (κ3) is 4.93. The molecule has 0 radical (unpaired) electrons. The highest BCUT2D eigenvalue weighted by Gasteiger charge is 2.49. The van der Waals surface area contributed by atoms with Gasteiger partial charge in [-0.2, -0.15) is 0 Å². The highest BCUT2D eigenvalue weighted by atomic mass is 16.5. The minimum absolute atomic E-state index is 0.122. The van der Waals surface area contributed by atoms with Crippen molar-refractivity contribution in [2.24, 2.45) is 0 Å². The van der Waals surface area contributed by atoms with Gasteiger partial charge in [-0.3, -0.25) is 14.4 Å². The molecular weight excluding hydrogens is 458 g/mol. The number of carbonyl (C=O) groups is 3. The number of nitrogens with one attached hydrogen (secondary N) is 2. The van der Waals surface area contributed by atoms with E-state index in [1.54, 1.807) is 12.0 Å². The number of hydrogen-bond donors (Lipinski definition) is 2. The van der Waals surface area contributed by atoms with Gasteiger partial charge in [0.05, 0.1) is 24.9 Å². The number of carbonyl (C=O) groups excluding carboxylic acids is 3. The lowest BCUT2D eigenvalue weighted by atomic mass is 9.93. The molecule has 4 rings (SSSR count). The number of methoxy groups -OCH3 is 1. The molecule has 1 saturated carbocycles. The Hall–Kier alpha value is -3.07. The Morgan fingerprint density at radius 1 is 1.17 bits per heavy atom. The molecule has 1 aromatic heterocycles. The second-order valence-electron chi connectivity index (χ2n) is 10.6. The highest BCUT2D eigenvalue weighted by molar-refractivity contribution is 6.14. The fourth-order valence-corrected chi connectivity index (χ4v) is 5.50. The largest absolute Gasteiger partial charge is 0.497 e. The van der Waals surface area contributed by atoms with Crippen molar-refractivity contribution in [3.8, 4) is 5.75 Å². The van der Waals surface area contributed by atoms with Crippen LogP contribution in [-0.4, -0.2) is 78.0 Å². The van der Waals surface area contributed by atoms with Crippen molar-refractivity contribution in [2.75, 3.05) is 39.6 Å². The van der Waals surface area contributed by atoms with Crippen LogP contribution in [0.1, 0.15) is 62.9 Å². The fraction of sp³-hybridized carbons (Fsp3) is 0.593. The zero-order valence-electron chi connectivity index (χ0n) is 22.1. The van der Waals surface area contributed by atoms with Crippen LogP contribution in [0.15, 0.2) is 18.2 Å². The van der Waals surface area contributed by atoms with Crippen LogP contribution in [0.2, 0.25) is 0 Å². The van der Waals surface area contributed by atoms with Gasteiger partial charge in [0.25, 0.3) is 5.91 Å². The van der Waals surface area contributed by atoms with E-state index in [-0.39, 0.29) is 23.8 Å². The number of aromatic nitrogens is 1. The van der Waals surface area contributed by atoms with Crippen molar-refractivity contribution in [3.05, 3.63) is 23.9 Å². The summed E-state index contributed by atoms with van der Waals surface area (Å²) in [6.45, 7) is 4.59. The van der Waals surface area contributed by atoms with E-state index >= 15 is 0 Å². The molecule has 1 unspecified atom stereocenters. The van der Waals surface area contributed by atoms with E-state index in [9.17, 15) is 14.4 Å². The number of fused-ring (bicyclic) bond motifs is 3. The highest BCUT2D eigenvalue weighted by Crippen LogP contribution is 2.40. The van der Waals surface area contributed by atoms with E-state index < -0.39 is 5.54 Å². The van der Waals surface area contributed by atoms with Crippen molar-refractivity contribution >= 4 is 34.3 Å². The predicted octanol–water partition coefficient (Wildman–Crippen LogP) is 3.22. The average Bonchev–Trinajstić information content (AvgIpc) is 2.96. The van der Waals surface area contributed by atoms with Gasteiger partial charge in [-0.25, -0.2) is 0 Å². The summed E-state index contributed by atoms with van der Waals surface area (Å²) in [7, 11) is 5.48. The van der Waals surface area contributed by atoms with Crippen LogP contribution < -0.4 is 15.4 Å². The van der Waals surface area contributed by atoms with Gasteiger partial charge in [-0.1, -0.05) is 25.7 Å². The molecule has 2 N–H and O–H groups in total. The van der Waals surface area contributed by atoms with E-state index in [0.29, 0.717) is 42.2 Å². The van der Waals surface area contributed by atoms with Crippen LogP contribution in [0.25, 0.3) is 10.9 Å². The molecule has 2 heterocycles. The van der Waals surface area contributed by atoms with Gasteiger partial charge in [0, 0.05) is 31.4 Å². The summed E-state index contributed by atoms with van der Waals surface area (Å²) >= 11 is 0. The molecule has 36 heavy (non-hydrogen) atoms. The number of benzene rings is 1. The molecule has 1 atom stereocenters. The minimum atomic E-state index is -1.08. The van der Waals surface area contributed by atoms with Crippen LogP contribution in [0.4, 0.5) is 5.69 Å². The Labute approximate surface area is 213 Å². The number of amides is 3. The van der Waals surface area contributed by atoms with Crippen LogP contribution in [0.5, 0.6) is 5.75 Å². The zero-order chi connectivity index (χ0) is 26.0. The number of nitrogens with zero attached hydrogens (tertiary/aromatic N) is 3. The third-order valence-electron chi connectivity index (χ3n) is 7.53. The first kappa shape index (κ1) is 26.0. The van der Waals surface area contributed by atoms with Crippen molar-refractivity contribution < 1.29 is 19.1 Å². The van der Waals surface area contributed by atoms with E-state index in [4.69, 9.17) is 4.74 Å². The average molecular weight is 498 g/mol. The van der Waals surface area contributed by atoms with Gasteiger partial charge in [0.15, 0.2) is 0 Å². The van der Waals surface area contributed by atoms with Crippen LogP contribution >= 0.6 is 0 Å². The van der Waals surface area contributed by atoms with Crippen molar-refractivity contribution in [3.63, 3.8) is 0 Å². The molecule has 196 valence electrons. The molecule has 0 bridgehead atoms. The van der Waals surface area contributed by atoms with E-state index in [0.717, 1.165) is 31.2 Å². The number of likely N-dealkylation sites (N-methyl/N-ethyl adjacent to an activating group) is 1. The Morgan fingerprint density at radius 3 is 2.47 bits per heavy atom. The van der Waals surface area contributed by atoms with Crippen molar-refractivity contribution in [1.82, 2.24) is 19.7 Å². The summed E-state index contributed by atoms with van der Waals surface area (Å²) in [5.74, 6) is -0.0211. The lowest BCUT2D eigenvalue weighted by molar-refractivity contribution is -0.133. The van der Waals surface area contributed by atoms with Crippen molar-refractivity contribution in [1.29, 1.82) is 0 Å². The molecule has 0 spiro atoms. The molecule has 1 aliphatic heterocycles. The number of rotatable bonds is 7. The summed E-state index contributed by atoms with van der Waals surface area (Å²) in [4.78, 5) is 43.9. The second kappa shape index (κ2) is 10.5. The first-order valence-electron chi connectivity index (χ1n) is 12.9. The quantitative estimate of drug-likeness (QED) is 0.573. The molecule has 1 aliphatic carbocycles. The van der Waals surface area contributed by atoms with E-state index in [1.807, 2.05) is 48.7 Å². The summed E-state index contributed by atoms with van der Waals surface area (Å²) in [5, 5.41) is 6.89. The Balaban J connectivity index is 1.81. The SMILES string of the molecule is COc1ccc2c(c1)c(NC(C)=O)c1n2CC(C)(C(=O)NC2CCCCCC2)N(CCN(C)C)C1=O. The number of hydrogen-bond acceptors (Lipinski definition) is 5. The molecule has 1 aromatic carbocycles. The Bertz CT molecular complexity index is 1150. The molecule has 2 aliphatic rings. The summed E-state index contributed by atoms with van der Waals surface area (Å²) < 4.78 is 7.30. The van der Waals surface area contributed by atoms with Gasteiger partial charge >= 0.3 is 0 Å². The maximum atomic E-state index is 14.1. The van der Waals surface area contributed by atoms with Gasteiger partial charge in [0.2, 0.25) is 11.8 Å². The van der Waals surface area contributed by atoms with E-state index in [2.05, 4.69) is 10.6 Å². The molecule has 1 fully saturated rings. The van der Waals surface area contributed by atoms with Gasteiger partial charge in [0.1, 0.15) is 17.0 Å². The summed E-state index contributed by atoms with van der Waals surface area (Å²) in [6, 6.07) is 5.67. The lowest BCUT2D eigenvalue weighted by Gasteiger charge is -2.45. The standard InChI is InChI=1S/C27H39N5O4/c1-18(33)28-23-21-16-20(36-5)12-13-22(21)31-17-27(2,26(35)29-19-10-8-6-7-9-11-19)32(15-14-30(3)4)25(34)24(23)31/h12-13,16,19H,6-11,14-15,17H2,1-5H3,(H,28,33)(H,29,35). The first-order chi connectivity index (χ1) is 17.2.